The molecule has 0 spiro atoms. The molecule has 0 N–H and O–H groups in total. The van der Waals surface area contributed by atoms with Crippen LogP contribution in [0.1, 0.15) is 22.7 Å². The van der Waals surface area contributed by atoms with E-state index < -0.39 is 12.8 Å². The normalized spacial score (nSPS) is 15.1. The highest BCUT2D eigenvalue weighted by atomic mass is 32.1. The van der Waals surface area contributed by atoms with Crippen LogP contribution < -0.4 is 4.74 Å². The lowest BCUT2D eigenvalue weighted by Gasteiger charge is -2.34. The van der Waals surface area contributed by atoms with Crippen LogP contribution in [0.25, 0.3) is 10.7 Å². The highest BCUT2D eigenvalue weighted by Gasteiger charge is 2.30. The predicted octanol–water partition coefficient (Wildman–Crippen LogP) is 3.52. The Morgan fingerprint density at radius 3 is 2.73 bits per heavy atom. The highest BCUT2D eigenvalue weighted by molar-refractivity contribution is 7.13. The number of thiophene rings is 1. The molecule has 4 heterocycles. The second-order valence-electron chi connectivity index (χ2n) is 7.49. The summed E-state index contributed by atoms with van der Waals surface area (Å²) in [6.07, 6.45) is -1.71. The highest BCUT2D eigenvalue weighted by Crippen LogP contribution is 2.23. The molecule has 4 rings (SSSR count). The van der Waals surface area contributed by atoms with Crippen LogP contribution in [-0.4, -0.2) is 76.3 Å². The summed E-state index contributed by atoms with van der Waals surface area (Å²) in [4.78, 5) is 25.8. The van der Waals surface area contributed by atoms with Gasteiger partial charge in [0.15, 0.2) is 6.61 Å². The van der Waals surface area contributed by atoms with Crippen LogP contribution in [0.15, 0.2) is 40.4 Å². The number of amides is 1. The van der Waals surface area contributed by atoms with Crippen LogP contribution in [0.3, 0.4) is 0 Å². The number of alkyl halides is 3. The van der Waals surface area contributed by atoms with Crippen LogP contribution in [0.5, 0.6) is 5.88 Å². The van der Waals surface area contributed by atoms with E-state index in [4.69, 9.17) is 9.26 Å². The van der Waals surface area contributed by atoms with Crippen molar-refractivity contribution in [2.75, 3.05) is 39.3 Å². The van der Waals surface area contributed by atoms with Crippen LogP contribution in [0.2, 0.25) is 0 Å². The number of nitrogens with zero attached hydrogens (tertiary/aromatic N) is 5. The minimum absolute atomic E-state index is 0.0353. The van der Waals surface area contributed by atoms with Gasteiger partial charge >= 0.3 is 6.18 Å². The third-order valence-corrected chi connectivity index (χ3v) is 5.97. The van der Waals surface area contributed by atoms with Crippen molar-refractivity contribution < 1.29 is 27.2 Å². The van der Waals surface area contributed by atoms with Crippen molar-refractivity contribution in [3.8, 4) is 16.6 Å². The first-order valence-electron chi connectivity index (χ1n) is 10.4. The van der Waals surface area contributed by atoms with E-state index in [-0.39, 0.29) is 17.4 Å². The van der Waals surface area contributed by atoms with Gasteiger partial charge < -0.3 is 14.2 Å². The third kappa shape index (κ3) is 6.29. The standard InChI is InChI=1S/C21H22F3N5O3S/c22-21(23,24)14-31-19-15(4-1-7-25-19)20(30)29-11-9-28(10-12-29)8-2-6-17-26-18(27-32-17)16-5-3-13-33-16/h1,3-5,7,13H,2,6,8-12,14H2. The summed E-state index contributed by atoms with van der Waals surface area (Å²) in [5.41, 5.74) is 0.0353. The Morgan fingerprint density at radius 2 is 2.00 bits per heavy atom. The molecule has 176 valence electrons. The molecular formula is C21H22F3N5O3S. The van der Waals surface area contributed by atoms with Crippen molar-refractivity contribution in [1.29, 1.82) is 0 Å². The number of pyridine rings is 1. The topological polar surface area (TPSA) is 84.6 Å². The van der Waals surface area contributed by atoms with Gasteiger partial charge in [-0.25, -0.2) is 4.98 Å². The Bertz CT molecular complexity index is 1050. The van der Waals surface area contributed by atoms with E-state index in [1.807, 2.05) is 17.5 Å². The van der Waals surface area contributed by atoms with E-state index in [1.54, 1.807) is 16.2 Å². The molecular weight excluding hydrogens is 459 g/mol. The Labute approximate surface area is 192 Å². The average Bonchev–Trinajstić information content (AvgIpc) is 3.50. The maximum atomic E-state index is 12.8. The van der Waals surface area contributed by atoms with E-state index >= 15 is 0 Å². The van der Waals surface area contributed by atoms with E-state index in [9.17, 15) is 18.0 Å². The third-order valence-electron chi connectivity index (χ3n) is 5.11. The second kappa shape index (κ2) is 10.3. The summed E-state index contributed by atoms with van der Waals surface area (Å²) in [6.45, 7) is 1.58. The minimum Gasteiger partial charge on any atom is -0.467 e. The number of rotatable bonds is 8. The predicted molar refractivity (Wildman–Crippen MR) is 114 cm³/mol. The lowest BCUT2D eigenvalue weighted by Crippen LogP contribution is -2.49. The number of halogens is 3. The molecule has 0 bridgehead atoms. The Hall–Kier alpha value is -2.99. The van der Waals surface area contributed by atoms with Crippen molar-refractivity contribution in [3.05, 3.63) is 47.3 Å². The molecule has 3 aromatic heterocycles. The number of carbonyl (C=O) groups is 1. The summed E-state index contributed by atoms with van der Waals surface area (Å²) in [5, 5.41) is 5.96. The van der Waals surface area contributed by atoms with Gasteiger partial charge in [-0.3, -0.25) is 9.69 Å². The lowest BCUT2D eigenvalue weighted by molar-refractivity contribution is -0.154. The SMILES string of the molecule is O=C(c1cccnc1OCC(F)(F)F)N1CCN(CCCc2nc(-c3cccs3)no2)CC1. The number of hydrogen-bond donors (Lipinski definition) is 0. The number of hydrogen-bond acceptors (Lipinski definition) is 8. The smallest absolute Gasteiger partial charge is 0.422 e. The first kappa shape index (κ1) is 23.2. The molecule has 0 aliphatic carbocycles. The Kier molecular flexibility index (Phi) is 7.23. The molecule has 1 amide bonds. The second-order valence-corrected chi connectivity index (χ2v) is 8.43. The van der Waals surface area contributed by atoms with Crippen LogP contribution in [-0.2, 0) is 6.42 Å². The lowest BCUT2D eigenvalue weighted by atomic mass is 10.2. The maximum Gasteiger partial charge on any atom is 0.422 e. The minimum atomic E-state index is -4.50. The maximum absolute atomic E-state index is 12.8. The fraction of sp³-hybridized carbons (Fsp3) is 0.429. The van der Waals surface area contributed by atoms with Crippen molar-refractivity contribution in [1.82, 2.24) is 24.9 Å². The van der Waals surface area contributed by atoms with Gasteiger partial charge in [-0.15, -0.1) is 11.3 Å². The summed E-state index contributed by atoms with van der Waals surface area (Å²) in [7, 11) is 0. The average molecular weight is 482 g/mol. The molecule has 1 fully saturated rings. The summed E-state index contributed by atoms with van der Waals surface area (Å²) in [5.74, 6) is 0.506. The van der Waals surface area contributed by atoms with Crippen LogP contribution in [0, 0.1) is 0 Å². The first-order chi connectivity index (χ1) is 15.9. The fourth-order valence-electron chi connectivity index (χ4n) is 3.48. The van der Waals surface area contributed by atoms with Gasteiger partial charge in [-0.2, -0.15) is 18.2 Å². The van der Waals surface area contributed by atoms with Crippen molar-refractivity contribution in [3.63, 3.8) is 0 Å². The zero-order valence-electron chi connectivity index (χ0n) is 17.6. The number of aromatic nitrogens is 3. The van der Waals surface area contributed by atoms with Gasteiger partial charge in [0.1, 0.15) is 5.56 Å². The van der Waals surface area contributed by atoms with Gasteiger partial charge in [0.2, 0.25) is 17.6 Å². The first-order valence-corrected chi connectivity index (χ1v) is 11.3. The van der Waals surface area contributed by atoms with Crippen molar-refractivity contribution >= 4 is 17.2 Å². The van der Waals surface area contributed by atoms with E-state index in [0.717, 1.165) is 17.8 Å². The molecule has 1 aliphatic rings. The summed E-state index contributed by atoms with van der Waals surface area (Å²) < 4.78 is 47.5. The molecule has 0 saturated carbocycles. The molecule has 0 atom stereocenters. The molecule has 0 radical (unpaired) electrons. The zero-order valence-corrected chi connectivity index (χ0v) is 18.4. The Morgan fingerprint density at radius 1 is 1.18 bits per heavy atom. The number of piperazine rings is 1. The van der Waals surface area contributed by atoms with Gasteiger partial charge in [0.25, 0.3) is 5.91 Å². The van der Waals surface area contributed by atoms with Crippen LogP contribution >= 0.6 is 11.3 Å². The largest absolute Gasteiger partial charge is 0.467 e. The number of carbonyl (C=O) groups excluding carboxylic acids is 1. The van der Waals surface area contributed by atoms with Gasteiger partial charge in [0, 0.05) is 38.8 Å². The van der Waals surface area contributed by atoms with Crippen molar-refractivity contribution in [2.45, 2.75) is 19.0 Å². The molecule has 1 aliphatic heterocycles. The summed E-state index contributed by atoms with van der Waals surface area (Å²) in [6, 6.07) is 6.82. The van der Waals surface area contributed by atoms with E-state index in [1.165, 1.54) is 18.3 Å². The van der Waals surface area contributed by atoms with Gasteiger partial charge in [0.05, 0.1) is 4.88 Å². The molecule has 3 aromatic rings. The molecule has 0 unspecified atom stereocenters. The van der Waals surface area contributed by atoms with Gasteiger partial charge in [-0.1, -0.05) is 11.2 Å². The summed E-state index contributed by atoms with van der Waals surface area (Å²) >= 11 is 1.55. The quantitative estimate of drug-likeness (QED) is 0.487. The number of aryl methyl sites for hydroxylation is 1. The van der Waals surface area contributed by atoms with E-state index in [0.29, 0.717) is 44.3 Å². The molecule has 1 saturated heterocycles. The van der Waals surface area contributed by atoms with Crippen molar-refractivity contribution in [2.24, 2.45) is 0 Å². The molecule has 8 nitrogen and oxygen atoms in total. The van der Waals surface area contributed by atoms with Gasteiger partial charge in [-0.05, 0) is 36.5 Å². The molecule has 0 aromatic carbocycles. The monoisotopic (exact) mass is 481 g/mol. The van der Waals surface area contributed by atoms with E-state index in [2.05, 4.69) is 20.0 Å². The molecule has 33 heavy (non-hydrogen) atoms. The Balaban J connectivity index is 1.23. The fourth-order valence-corrected chi connectivity index (χ4v) is 4.13. The van der Waals surface area contributed by atoms with Crippen LogP contribution in [0.4, 0.5) is 13.2 Å². The zero-order chi connectivity index (χ0) is 23.3. The molecule has 12 heteroatoms. The number of ether oxygens (including phenoxy) is 1.